The van der Waals surface area contributed by atoms with Gasteiger partial charge in [0, 0.05) is 12.8 Å². The Morgan fingerprint density at radius 3 is 2.13 bits per heavy atom. The topological polar surface area (TPSA) is 104 Å². The molecule has 1 amide bonds. The average molecular weight is 417 g/mol. The van der Waals surface area contributed by atoms with Gasteiger partial charge in [-0.3, -0.25) is 9.59 Å². The van der Waals surface area contributed by atoms with Crippen molar-refractivity contribution in [2.45, 2.75) is 38.1 Å². The fourth-order valence-electron chi connectivity index (χ4n) is 4.24. The summed E-state index contributed by atoms with van der Waals surface area (Å²) in [6.45, 7) is 0. The first-order valence-corrected chi connectivity index (χ1v) is 10.3. The Morgan fingerprint density at radius 1 is 0.806 bits per heavy atom. The van der Waals surface area contributed by atoms with Crippen LogP contribution in [0, 0.1) is 0 Å². The lowest BCUT2D eigenvalue weighted by molar-refractivity contribution is -0.143. The van der Waals surface area contributed by atoms with E-state index in [9.17, 15) is 19.5 Å². The van der Waals surface area contributed by atoms with Gasteiger partial charge in [0.05, 0.1) is 0 Å². The van der Waals surface area contributed by atoms with E-state index in [2.05, 4.69) is 59.9 Å². The van der Waals surface area contributed by atoms with Crippen molar-refractivity contribution in [1.82, 2.24) is 5.32 Å². The molecule has 1 unspecified atom stereocenters. The molecule has 0 spiro atoms. The van der Waals surface area contributed by atoms with Crippen LogP contribution in [0.1, 0.15) is 31.2 Å². The molecule has 31 heavy (non-hydrogen) atoms. The van der Waals surface area contributed by atoms with Crippen LogP contribution in [-0.4, -0.2) is 34.1 Å². The molecule has 158 valence electrons. The van der Waals surface area contributed by atoms with E-state index in [1.165, 1.54) is 32.3 Å². The summed E-state index contributed by atoms with van der Waals surface area (Å²) in [5, 5.41) is 27.6. The van der Waals surface area contributed by atoms with Crippen LogP contribution in [0.25, 0.3) is 32.3 Å². The number of carboxylic acids is 2. The Balaban J connectivity index is 1.47. The van der Waals surface area contributed by atoms with E-state index >= 15 is 0 Å². The molecule has 0 aliphatic rings. The van der Waals surface area contributed by atoms with Gasteiger partial charge in [-0.05, 0) is 57.1 Å². The van der Waals surface area contributed by atoms with Gasteiger partial charge in [-0.25, -0.2) is 4.79 Å². The number of hydrogen-bond acceptors (Lipinski definition) is 3. The van der Waals surface area contributed by atoms with Gasteiger partial charge in [0.1, 0.15) is 6.04 Å². The SMILES string of the molecule is O=C(O)CCC(NC(=O)CCCc1ccc2ccc3cccc4ccc1c2c34)C(=O)O. The van der Waals surface area contributed by atoms with Crippen LogP contribution in [0.15, 0.2) is 54.6 Å². The molecule has 3 N–H and O–H groups in total. The fourth-order valence-corrected chi connectivity index (χ4v) is 4.24. The summed E-state index contributed by atoms with van der Waals surface area (Å²) >= 11 is 0. The summed E-state index contributed by atoms with van der Waals surface area (Å²) in [6, 6.07) is 17.8. The molecule has 4 rings (SSSR count). The van der Waals surface area contributed by atoms with Gasteiger partial charge in [0.2, 0.25) is 5.91 Å². The molecule has 0 aliphatic carbocycles. The van der Waals surface area contributed by atoms with Crippen molar-refractivity contribution in [1.29, 1.82) is 0 Å². The maximum atomic E-state index is 12.2. The Kier molecular flexibility index (Phi) is 5.71. The lowest BCUT2D eigenvalue weighted by Gasteiger charge is -2.15. The molecule has 0 fully saturated rings. The Hall–Kier alpha value is -3.67. The second-order valence-electron chi connectivity index (χ2n) is 7.83. The number of carbonyl (C=O) groups is 3. The van der Waals surface area contributed by atoms with Crippen LogP contribution in [-0.2, 0) is 20.8 Å². The minimum atomic E-state index is -1.22. The maximum Gasteiger partial charge on any atom is 0.326 e. The van der Waals surface area contributed by atoms with E-state index < -0.39 is 18.0 Å². The number of benzene rings is 4. The predicted molar refractivity (Wildman–Crippen MR) is 120 cm³/mol. The smallest absolute Gasteiger partial charge is 0.326 e. The molecule has 6 heteroatoms. The zero-order valence-corrected chi connectivity index (χ0v) is 16.9. The van der Waals surface area contributed by atoms with Gasteiger partial charge in [-0.1, -0.05) is 54.6 Å². The molecule has 0 aromatic heterocycles. The molecule has 0 aliphatic heterocycles. The monoisotopic (exact) mass is 417 g/mol. The Morgan fingerprint density at radius 2 is 1.45 bits per heavy atom. The lowest BCUT2D eigenvalue weighted by atomic mass is 9.90. The summed E-state index contributed by atoms with van der Waals surface area (Å²) in [4.78, 5) is 34.1. The number of rotatable bonds is 9. The van der Waals surface area contributed by atoms with Gasteiger partial charge < -0.3 is 15.5 Å². The molecular weight excluding hydrogens is 394 g/mol. The molecule has 0 saturated heterocycles. The second kappa shape index (κ2) is 8.60. The highest BCUT2D eigenvalue weighted by Gasteiger charge is 2.20. The van der Waals surface area contributed by atoms with Crippen molar-refractivity contribution in [2.75, 3.05) is 0 Å². The summed E-state index contributed by atoms with van der Waals surface area (Å²) < 4.78 is 0. The largest absolute Gasteiger partial charge is 0.481 e. The average Bonchev–Trinajstić information content (AvgIpc) is 2.75. The van der Waals surface area contributed by atoms with Crippen molar-refractivity contribution >= 4 is 50.2 Å². The third-order valence-electron chi connectivity index (χ3n) is 5.75. The first kappa shape index (κ1) is 20.6. The molecule has 1 atom stereocenters. The van der Waals surface area contributed by atoms with Crippen molar-refractivity contribution in [2.24, 2.45) is 0 Å². The van der Waals surface area contributed by atoms with E-state index in [4.69, 9.17) is 5.11 Å². The van der Waals surface area contributed by atoms with E-state index in [0.29, 0.717) is 12.8 Å². The Bertz CT molecular complexity index is 1260. The third-order valence-corrected chi connectivity index (χ3v) is 5.75. The van der Waals surface area contributed by atoms with E-state index in [0.717, 1.165) is 5.56 Å². The molecule has 4 aromatic carbocycles. The standard InChI is InChI=1S/C25H23NO5/c27-21(26-20(25(30)31)13-14-22(28)29)6-2-3-15-7-8-18-10-9-16-4-1-5-17-11-12-19(15)24(18)23(16)17/h1,4-5,7-12,20H,2-3,6,13-14H2,(H,26,27)(H,28,29)(H,30,31). The van der Waals surface area contributed by atoms with Crippen molar-refractivity contribution < 1.29 is 24.6 Å². The van der Waals surface area contributed by atoms with E-state index in [1.54, 1.807) is 0 Å². The van der Waals surface area contributed by atoms with Gasteiger partial charge in [-0.2, -0.15) is 0 Å². The molecule has 4 aromatic rings. The van der Waals surface area contributed by atoms with Crippen LogP contribution in [0.4, 0.5) is 0 Å². The first-order valence-electron chi connectivity index (χ1n) is 10.3. The number of hydrogen-bond donors (Lipinski definition) is 3. The normalized spacial score (nSPS) is 12.4. The van der Waals surface area contributed by atoms with Crippen LogP contribution in [0.2, 0.25) is 0 Å². The van der Waals surface area contributed by atoms with Gasteiger partial charge in [0.15, 0.2) is 0 Å². The van der Waals surface area contributed by atoms with Gasteiger partial charge in [-0.15, -0.1) is 0 Å². The number of aryl methyl sites for hydroxylation is 1. The predicted octanol–water partition coefficient (Wildman–Crippen LogP) is 4.34. The maximum absolute atomic E-state index is 12.2. The molecule has 0 radical (unpaired) electrons. The number of carbonyl (C=O) groups excluding carboxylic acids is 1. The lowest BCUT2D eigenvalue weighted by Crippen LogP contribution is -2.41. The second-order valence-corrected chi connectivity index (χ2v) is 7.83. The zero-order chi connectivity index (χ0) is 22.0. The van der Waals surface area contributed by atoms with Crippen molar-refractivity contribution in [3.63, 3.8) is 0 Å². The quantitative estimate of drug-likeness (QED) is 0.352. The Labute approximate surface area is 178 Å². The number of aliphatic carboxylic acids is 2. The summed E-state index contributed by atoms with van der Waals surface area (Å²) in [6.07, 6.45) is 1.000. The highest BCUT2D eigenvalue weighted by molar-refractivity contribution is 6.23. The first-order chi connectivity index (χ1) is 14.9. The summed E-state index contributed by atoms with van der Waals surface area (Å²) in [5.41, 5.74) is 1.15. The molecule has 0 bridgehead atoms. The molecule has 6 nitrogen and oxygen atoms in total. The van der Waals surface area contributed by atoms with E-state index in [-0.39, 0.29) is 25.2 Å². The minimum Gasteiger partial charge on any atom is -0.481 e. The van der Waals surface area contributed by atoms with Gasteiger partial charge in [0.25, 0.3) is 0 Å². The molecule has 0 heterocycles. The number of nitrogens with one attached hydrogen (secondary N) is 1. The third kappa shape index (κ3) is 4.28. The highest BCUT2D eigenvalue weighted by atomic mass is 16.4. The molecular formula is C25H23NO5. The highest BCUT2D eigenvalue weighted by Crippen LogP contribution is 2.36. The van der Waals surface area contributed by atoms with Crippen molar-refractivity contribution in [3.8, 4) is 0 Å². The number of carboxylic acid groups (broad SMARTS) is 2. The summed E-state index contributed by atoms with van der Waals surface area (Å²) in [5.74, 6) is -2.69. The number of amides is 1. The summed E-state index contributed by atoms with van der Waals surface area (Å²) in [7, 11) is 0. The molecule has 0 saturated carbocycles. The minimum absolute atomic E-state index is 0.134. The fraction of sp³-hybridized carbons (Fsp3) is 0.240. The van der Waals surface area contributed by atoms with Crippen LogP contribution in [0.5, 0.6) is 0 Å². The zero-order valence-electron chi connectivity index (χ0n) is 16.9. The van der Waals surface area contributed by atoms with Crippen LogP contribution in [0.3, 0.4) is 0 Å². The van der Waals surface area contributed by atoms with Crippen LogP contribution >= 0.6 is 0 Å². The van der Waals surface area contributed by atoms with Crippen LogP contribution < -0.4 is 5.32 Å². The van der Waals surface area contributed by atoms with Gasteiger partial charge >= 0.3 is 11.9 Å². The van der Waals surface area contributed by atoms with E-state index in [1.807, 2.05) is 0 Å². The van der Waals surface area contributed by atoms with Crippen molar-refractivity contribution in [3.05, 3.63) is 60.2 Å².